The first-order valence-electron chi connectivity index (χ1n) is 8.15. The van der Waals surface area contributed by atoms with Crippen LogP contribution in [-0.4, -0.2) is 37.2 Å². The topological polar surface area (TPSA) is 54.5 Å². The van der Waals surface area contributed by atoms with Gasteiger partial charge in [-0.05, 0) is 30.7 Å². The van der Waals surface area contributed by atoms with Gasteiger partial charge in [0.15, 0.2) is 5.82 Å². The van der Waals surface area contributed by atoms with E-state index in [9.17, 15) is 13.6 Å². The number of amides is 1. The molecule has 1 aliphatic rings. The number of carbonyl (C=O) groups excluding carboxylic acids is 1. The van der Waals surface area contributed by atoms with Gasteiger partial charge in [-0.1, -0.05) is 6.07 Å². The zero-order chi connectivity index (χ0) is 17.6. The first-order valence-corrected chi connectivity index (χ1v) is 8.15. The predicted octanol–water partition coefficient (Wildman–Crippen LogP) is 2.77. The third-order valence-corrected chi connectivity index (χ3v) is 4.04. The second-order valence-electron chi connectivity index (χ2n) is 5.72. The lowest BCUT2D eigenvalue weighted by Crippen LogP contribution is -2.37. The molecule has 0 bridgehead atoms. The second kappa shape index (κ2) is 8.02. The van der Waals surface area contributed by atoms with Crippen LogP contribution in [0.1, 0.15) is 12.0 Å². The Labute approximate surface area is 144 Å². The molecule has 3 rings (SSSR count). The number of hydrogen-bond acceptors (Lipinski definition) is 4. The molecule has 1 aromatic heterocycles. The van der Waals surface area contributed by atoms with Gasteiger partial charge in [-0.15, -0.1) is 0 Å². The van der Waals surface area contributed by atoms with Gasteiger partial charge in [0.05, 0.1) is 18.9 Å². The van der Waals surface area contributed by atoms with Crippen LogP contribution in [0.3, 0.4) is 0 Å². The van der Waals surface area contributed by atoms with E-state index in [1.54, 1.807) is 18.3 Å². The molecule has 2 aromatic rings. The van der Waals surface area contributed by atoms with Gasteiger partial charge in [0, 0.05) is 31.3 Å². The van der Waals surface area contributed by atoms with Crippen LogP contribution in [0, 0.1) is 11.6 Å². The van der Waals surface area contributed by atoms with E-state index in [0.717, 1.165) is 0 Å². The second-order valence-corrected chi connectivity index (χ2v) is 5.72. The van der Waals surface area contributed by atoms with Gasteiger partial charge >= 0.3 is 0 Å². The van der Waals surface area contributed by atoms with Crippen LogP contribution in [0.4, 0.5) is 20.3 Å². The lowest BCUT2D eigenvalue weighted by Gasteiger charge is -2.29. The van der Waals surface area contributed by atoms with E-state index in [1.165, 1.54) is 18.2 Å². The van der Waals surface area contributed by atoms with E-state index >= 15 is 0 Å². The molecule has 0 saturated carbocycles. The fourth-order valence-electron chi connectivity index (χ4n) is 2.74. The van der Waals surface area contributed by atoms with Crippen molar-refractivity contribution in [1.82, 2.24) is 4.98 Å². The molecule has 0 aliphatic carbocycles. The van der Waals surface area contributed by atoms with Crippen molar-refractivity contribution in [2.24, 2.45) is 0 Å². The standard InChI is InChI=1S/C18H19F2N3O2/c19-14-3-1-4-15(20)13(14)6-7-17(24)22-16-5-2-8-21-18(16)23-9-11-25-12-10-23/h1-5,8H,6-7,9-12H2,(H,22,24). The van der Waals surface area contributed by atoms with Gasteiger partial charge in [0.2, 0.25) is 5.91 Å². The third kappa shape index (κ3) is 4.30. The zero-order valence-electron chi connectivity index (χ0n) is 13.7. The van der Waals surface area contributed by atoms with Gasteiger partial charge in [0.25, 0.3) is 0 Å². The van der Waals surface area contributed by atoms with Gasteiger partial charge in [0.1, 0.15) is 11.6 Å². The zero-order valence-corrected chi connectivity index (χ0v) is 13.7. The highest BCUT2D eigenvalue weighted by atomic mass is 19.1. The number of carbonyl (C=O) groups is 1. The van der Waals surface area contributed by atoms with Gasteiger partial charge in [-0.3, -0.25) is 4.79 Å². The highest BCUT2D eigenvalue weighted by Gasteiger charge is 2.17. The number of morpholine rings is 1. The largest absolute Gasteiger partial charge is 0.378 e. The maximum Gasteiger partial charge on any atom is 0.224 e. The summed E-state index contributed by atoms with van der Waals surface area (Å²) >= 11 is 0. The van der Waals surface area contributed by atoms with Crippen molar-refractivity contribution in [3.8, 4) is 0 Å². The van der Waals surface area contributed by atoms with E-state index in [0.29, 0.717) is 37.8 Å². The Bertz CT molecular complexity index is 729. The Hall–Kier alpha value is -2.54. The number of halogens is 2. The minimum Gasteiger partial charge on any atom is -0.378 e. The Balaban J connectivity index is 1.65. The number of pyridine rings is 1. The van der Waals surface area contributed by atoms with Crippen LogP contribution in [0.2, 0.25) is 0 Å². The summed E-state index contributed by atoms with van der Waals surface area (Å²) in [5.74, 6) is -0.909. The highest BCUT2D eigenvalue weighted by Crippen LogP contribution is 2.24. The summed E-state index contributed by atoms with van der Waals surface area (Å²) in [6.45, 7) is 2.60. The van der Waals surface area contributed by atoms with Crippen molar-refractivity contribution in [3.63, 3.8) is 0 Å². The maximum absolute atomic E-state index is 13.6. The molecule has 2 heterocycles. The minimum absolute atomic E-state index is 0.00249. The Morgan fingerprint density at radius 2 is 1.88 bits per heavy atom. The summed E-state index contributed by atoms with van der Waals surface area (Å²) < 4.78 is 32.6. The number of hydrogen-bond donors (Lipinski definition) is 1. The molecule has 1 saturated heterocycles. The Kier molecular flexibility index (Phi) is 5.55. The van der Waals surface area contributed by atoms with Crippen molar-refractivity contribution >= 4 is 17.4 Å². The number of aromatic nitrogens is 1. The van der Waals surface area contributed by atoms with E-state index in [4.69, 9.17) is 4.74 Å². The molecule has 1 fully saturated rings. The summed E-state index contributed by atoms with van der Waals surface area (Å²) in [5, 5.41) is 2.79. The summed E-state index contributed by atoms with van der Waals surface area (Å²) in [4.78, 5) is 18.6. The first kappa shape index (κ1) is 17.3. The number of nitrogens with one attached hydrogen (secondary N) is 1. The molecule has 0 atom stereocenters. The van der Waals surface area contributed by atoms with E-state index in [1.807, 2.05) is 4.90 Å². The van der Waals surface area contributed by atoms with Crippen LogP contribution in [-0.2, 0) is 16.0 Å². The molecule has 0 unspecified atom stereocenters. The van der Waals surface area contributed by atoms with Crippen molar-refractivity contribution in [2.75, 3.05) is 36.5 Å². The molecule has 1 aliphatic heterocycles. The minimum atomic E-state index is -0.636. The van der Waals surface area contributed by atoms with Crippen LogP contribution >= 0.6 is 0 Å². The van der Waals surface area contributed by atoms with Crippen molar-refractivity contribution in [1.29, 1.82) is 0 Å². The van der Waals surface area contributed by atoms with Crippen molar-refractivity contribution in [3.05, 3.63) is 53.7 Å². The fraction of sp³-hybridized carbons (Fsp3) is 0.333. The third-order valence-electron chi connectivity index (χ3n) is 4.04. The van der Waals surface area contributed by atoms with Crippen LogP contribution in [0.5, 0.6) is 0 Å². The molecular weight excluding hydrogens is 328 g/mol. The molecule has 7 heteroatoms. The van der Waals surface area contributed by atoms with Crippen LogP contribution in [0.15, 0.2) is 36.5 Å². The number of anilines is 2. The fourth-order valence-corrected chi connectivity index (χ4v) is 2.74. The molecule has 25 heavy (non-hydrogen) atoms. The lowest BCUT2D eigenvalue weighted by atomic mass is 10.1. The summed E-state index contributed by atoms with van der Waals surface area (Å²) in [6, 6.07) is 7.18. The van der Waals surface area contributed by atoms with Gasteiger partial charge < -0.3 is 15.0 Å². The number of rotatable bonds is 5. The van der Waals surface area contributed by atoms with E-state index in [2.05, 4.69) is 10.3 Å². The van der Waals surface area contributed by atoms with Gasteiger partial charge in [-0.25, -0.2) is 13.8 Å². The van der Waals surface area contributed by atoms with Crippen molar-refractivity contribution in [2.45, 2.75) is 12.8 Å². The lowest BCUT2D eigenvalue weighted by molar-refractivity contribution is -0.116. The summed E-state index contributed by atoms with van der Waals surface area (Å²) in [7, 11) is 0. The normalized spacial score (nSPS) is 14.4. The van der Waals surface area contributed by atoms with Crippen molar-refractivity contribution < 1.29 is 18.3 Å². The van der Waals surface area contributed by atoms with E-state index in [-0.39, 0.29) is 24.3 Å². The average Bonchev–Trinajstić information content (AvgIpc) is 2.62. The molecule has 0 radical (unpaired) electrons. The molecule has 5 nitrogen and oxygen atoms in total. The predicted molar refractivity (Wildman–Crippen MR) is 90.6 cm³/mol. The highest BCUT2D eigenvalue weighted by molar-refractivity contribution is 5.93. The maximum atomic E-state index is 13.6. The SMILES string of the molecule is O=C(CCc1c(F)cccc1F)Nc1cccnc1N1CCOCC1. The smallest absolute Gasteiger partial charge is 0.224 e. The average molecular weight is 347 g/mol. The molecule has 1 amide bonds. The van der Waals surface area contributed by atoms with Gasteiger partial charge in [-0.2, -0.15) is 0 Å². The summed E-state index contributed by atoms with van der Waals surface area (Å²) in [5.41, 5.74) is 0.514. The van der Waals surface area contributed by atoms with Crippen LogP contribution in [0.25, 0.3) is 0 Å². The Morgan fingerprint density at radius 1 is 1.16 bits per heavy atom. The number of nitrogens with zero attached hydrogens (tertiary/aromatic N) is 2. The Morgan fingerprint density at radius 3 is 2.60 bits per heavy atom. The monoisotopic (exact) mass is 347 g/mol. The summed E-state index contributed by atoms with van der Waals surface area (Å²) in [6.07, 6.45) is 1.64. The molecule has 1 aromatic carbocycles. The molecular formula is C18H19F2N3O2. The van der Waals surface area contributed by atoms with E-state index < -0.39 is 11.6 Å². The number of benzene rings is 1. The first-order chi connectivity index (χ1) is 12.1. The molecule has 132 valence electrons. The molecule has 1 N–H and O–H groups in total. The van der Waals surface area contributed by atoms with Crippen LogP contribution < -0.4 is 10.2 Å². The molecule has 0 spiro atoms. The quantitative estimate of drug-likeness (QED) is 0.904. The number of ether oxygens (including phenoxy) is 1.